The third kappa shape index (κ3) is 2.96. The maximum absolute atomic E-state index is 13.1. The molecule has 0 radical (unpaired) electrons. The third-order valence-corrected chi connectivity index (χ3v) is 5.91. The van der Waals surface area contributed by atoms with E-state index < -0.39 is 0 Å². The zero-order chi connectivity index (χ0) is 20.9. The van der Waals surface area contributed by atoms with Gasteiger partial charge in [-0.25, -0.2) is 9.97 Å². The Morgan fingerprint density at radius 2 is 2.19 bits per heavy atom. The Kier molecular flexibility index (Phi) is 4.03. The van der Waals surface area contributed by atoms with E-state index in [2.05, 4.69) is 41.1 Å². The van der Waals surface area contributed by atoms with Gasteiger partial charge in [0, 0.05) is 31.2 Å². The van der Waals surface area contributed by atoms with Crippen LogP contribution in [0.4, 0.5) is 17.5 Å². The lowest BCUT2D eigenvalue weighted by Crippen LogP contribution is -2.41. The number of H-pyrrole nitrogens is 1. The van der Waals surface area contributed by atoms with E-state index in [0.29, 0.717) is 35.1 Å². The van der Waals surface area contributed by atoms with Gasteiger partial charge in [-0.1, -0.05) is 0 Å². The molecule has 158 valence electrons. The summed E-state index contributed by atoms with van der Waals surface area (Å²) < 4.78 is 8.20. The maximum Gasteiger partial charge on any atom is 0.271 e. The Hall–Kier alpha value is -3.73. The number of nitrogens with one attached hydrogen (secondary N) is 4. The van der Waals surface area contributed by atoms with E-state index in [-0.39, 0.29) is 18.1 Å². The number of pyridine rings is 1. The number of hydrogen-bond acceptors (Lipinski definition) is 8. The van der Waals surface area contributed by atoms with Crippen LogP contribution in [-0.4, -0.2) is 54.7 Å². The molecule has 0 aromatic carbocycles. The number of ether oxygens (including phenoxy) is 1. The average Bonchev–Trinajstić information content (AvgIpc) is 3.50. The van der Waals surface area contributed by atoms with Crippen molar-refractivity contribution in [3.63, 3.8) is 0 Å². The van der Waals surface area contributed by atoms with Crippen LogP contribution in [0.3, 0.4) is 0 Å². The van der Waals surface area contributed by atoms with E-state index in [0.717, 1.165) is 36.2 Å². The van der Waals surface area contributed by atoms with E-state index in [1.165, 1.54) is 0 Å². The molecule has 1 aliphatic heterocycles. The summed E-state index contributed by atoms with van der Waals surface area (Å²) in [5.74, 6) is 0.635. The highest BCUT2D eigenvalue weighted by Crippen LogP contribution is 2.28. The third-order valence-electron chi connectivity index (χ3n) is 5.91. The second kappa shape index (κ2) is 6.91. The van der Waals surface area contributed by atoms with Crippen molar-refractivity contribution in [2.24, 2.45) is 0 Å². The minimum atomic E-state index is -0.249. The Bertz CT molecular complexity index is 1310. The molecule has 4 N–H and O–H groups in total. The number of carbonyl (C=O) groups excluding carboxylic acids is 1. The van der Waals surface area contributed by atoms with Gasteiger partial charge in [-0.05, 0) is 25.3 Å². The van der Waals surface area contributed by atoms with Crippen LogP contribution in [0.2, 0.25) is 0 Å². The molecule has 0 saturated heterocycles. The summed E-state index contributed by atoms with van der Waals surface area (Å²) in [7, 11) is 1.76. The van der Waals surface area contributed by atoms with Crippen molar-refractivity contribution < 1.29 is 9.53 Å². The zero-order valence-corrected chi connectivity index (χ0v) is 16.8. The maximum atomic E-state index is 13.1. The smallest absolute Gasteiger partial charge is 0.271 e. The van der Waals surface area contributed by atoms with Gasteiger partial charge in [-0.2, -0.15) is 10.1 Å². The van der Waals surface area contributed by atoms with Gasteiger partial charge in [0.05, 0.1) is 24.4 Å². The van der Waals surface area contributed by atoms with Crippen LogP contribution in [0.1, 0.15) is 35.3 Å². The summed E-state index contributed by atoms with van der Waals surface area (Å²) in [6.45, 7) is 0.393. The lowest BCUT2D eigenvalue weighted by atomic mass is 10.2. The van der Waals surface area contributed by atoms with Gasteiger partial charge in [-0.3, -0.25) is 9.89 Å². The first-order valence-corrected chi connectivity index (χ1v) is 10.3. The predicted octanol–water partition coefficient (Wildman–Crippen LogP) is 1.97. The summed E-state index contributed by atoms with van der Waals surface area (Å²) in [5.41, 5.74) is 3.85. The minimum Gasteiger partial charge on any atom is -0.371 e. The summed E-state index contributed by atoms with van der Waals surface area (Å²) in [6.07, 6.45) is 8.27. The molecule has 1 amide bonds. The van der Waals surface area contributed by atoms with Crippen LogP contribution in [0.15, 0.2) is 24.7 Å². The van der Waals surface area contributed by atoms with Crippen molar-refractivity contribution in [3.8, 4) is 0 Å². The zero-order valence-electron chi connectivity index (χ0n) is 16.8. The Morgan fingerprint density at radius 1 is 1.26 bits per heavy atom. The quantitative estimate of drug-likeness (QED) is 0.368. The number of aromatic nitrogens is 6. The molecule has 0 unspecified atom stereocenters. The second-order valence-electron chi connectivity index (χ2n) is 7.84. The molecule has 31 heavy (non-hydrogen) atoms. The van der Waals surface area contributed by atoms with Crippen molar-refractivity contribution in [2.45, 2.75) is 38.0 Å². The number of fused-ring (bicyclic) bond motifs is 6. The van der Waals surface area contributed by atoms with Gasteiger partial charge >= 0.3 is 0 Å². The van der Waals surface area contributed by atoms with Gasteiger partial charge in [0.1, 0.15) is 16.9 Å². The molecule has 1 fully saturated rings. The second-order valence-corrected chi connectivity index (χ2v) is 7.84. The summed E-state index contributed by atoms with van der Waals surface area (Å²) in [5, 5.41) is 16.5. The lowest BCUT2D eigenvalue weighted by molar-refractivity contribution is 0.0275. The summed E-state index contributed by atoms with van der Waals surface area (Å²) >= 11 is 0. The number of anilines is 3. The van der Waals surface area contributed by atoms with Crippen molar-refractivity contribution in [3.05, 3.63) is 35.9 Å². The molecule has 6 rings (SSSR count). The number of carbonyl (C=O) groups is 1. The molecule has 4 aromatic heterocycles. The predicted molar refractivity (Wildman–Crippen MR) is 113 cm³/mol. The Labute approximate surface area is 176 Å². The molecular formula is C20H21N9O2. The van der Waals surface area contributed by atoms with Crippen molar-refractivity contribution in [1.29, 1.82) is 0 Å². The van der Waals surface area contributed by atoms with E-state index in [1.54, 1.807) is 13.2 Å². The van der Waals surface area contributed by atoms with Gasteiger partial charge < -0.3 is 25.1 Å². The fourth-order valence-corrected chi connectivity index (χ4v) is 4.43. The van der Waals surface area contributed by atoms with Gasteiger partial charge in [0.2, 0.25) is 5.95 Å². The van der Waals surface area contributed by atoms with Gasteiger partial charge in [-0.15, -0.1) is 0 Å². The summed E-state index contributed by atoms with van der Waals surface area (Å²) in [6, 6.07) is 1.93. The average molecular weight is 419 g/mol. The molecule has 0 spiro atoms. The molecule has 1 saturated carbocycles. The highest BCUT2D eigenvalue weighted by Gasteiger charge is 2.31. The fraction of sp³-hybridized carbons (Fsp3) is 0.350. The molecule has 2 atom stereocenters. The Balaban J connectivity index is 1.54. The Morgan fingerprint density at radius 3 is 3.10 bits per heavy atom. The van der Waals surface area contributed by atoms with Crippen molar-refractivity contribution in [2.75, 3.05) is 17.7 Å². The first kappa shape index (κ1) is 18.1. The summed E-state index contributed by atoms with van der Waals surface area (Å²) in [4.78, 5) is 26.6. The van der Waals surface area contributed by atoms with Crippen LogP contribution in [0.5, 0.6) is 0 Å². The van der Waals surface area contributed by atoms with E-state index in [9.17, 15) is 4.79 Å². The van der Waals surface area contributed by atoms with Crippen LogP contribution >= 0.6 is 0 Å². The molecule has 1 aliphatic carbocycles. The monoisotopic (exact) mass is 419 g/mol. The minimum absolute atomic E-state index is 0.0641. The van der Waals surface area contributed by atoms with Crippen LogP contribution in [0.25, 0.3) is 16.7 Å². The number of rotatable bonds is 1. The largest absolute Gasteiger partial charge is 0.371 e. The molecule has 2 aliphatic rings. The fourth-order valence-electron chi connectivity index (χ4n) is 4.43. The van der Waals surface area contributed by atoms with Gasteiger partial charge in [0.15, 0.2) is 11.3 Å². The normalized spacial score (nSPS) is 21.0. The van der Waals surface area contributed by atoms with Crippen LogP contribution in [-0.2, 0) is 11.3 Å². The van der Waals surface area contributed by atoms with Crippen molar-refractivity contribution in [1.82, 2.24) is 34.9 Å². The first-order chi connectivity index (χ1) is 15.2. The van der Waals surface area contributed by atoms with Gasteiger partial charge in [0.25, 0.3) is 5.91 Å². The molecule has 5 heterocycles. The number of nitrogens with zero attached hydrogens (tertiary/aromatic N) is 5. The number of amides is 1. The number of imidazole rings is 1. The van der Waals surface area contributed by atoms with E-state index in [1.807, 2.05) is 22.9 Å². The first-order valence-electron chi connectivity index (χ1n) is 10.3. The topological polar surface area (TPSA) is 134 Å². The SMILES string of the molecule is CNc1nc2nc3c([nH]nc13)C(=O)N[C@@H]1CCC[C@H]1OCc1cc(cn3ccnc13)N2. The van der Waals surface area contributed by atoms with Crippen LogP contribution in [0, 0.1) is 0 Å². The molecular weight excluding hydrogens is 398 g/mol. The molecule has 4 aromatic rings. The molecule has 11 heteroatoms. The highest BCUT2D eigenvalue weighted by molar-refractivity contribution is 6.05. The van der Waals surface area contributed by atoms with Crippen molar-refractivity contribution >= 4 is 40.0 Å². The lowest BCUT2D eigenvalue weighted by Gasteiger charge is -2.22. The molecule has 11 nitrogen and oxygen atoms in total. The number of hydrogen-bond donors (Lipinski definition) is 4. The van der Waals surface area contributed by atoms with Crippen LogP contribution < -0.4 is 16.0 Å². The van der Waals surface area contributed by atoms with E-state index >= 15 is 0 Å². The molecule has 4 bridgehead atoms. The van der Waals surface area contributed by atoms with E-state index in [4.69, 9.17) is 4.74 Å². The standard InChI is InChI=1S/C20H21N9O2/c1-21-17-15-14-16(28-27-15)19(30)24-12-3-2-4-13(12)31-9-10-7-11(23-20(25-14)26-17)8-29-6-5-22-18(10)29/h5-8,12-13H,2-4,9H2,1H3,(H,24,30)(H,27,28)(H2,21,23,25,26)/t12-,13-/m1/s1. The number of aromatic amines is 1. The highest BCUT2D eigenvalue weighted by atomic mass is 16.5.